The second kappa shape index (κ2) is 10.6. The SMILES string of the molecule is CC(=CCC1CO1)C(=O)Oc1cccc(C=Cc2ccccc2)c1C=Cc1ccccc1. The van der Waals surface area contributed by atoms with Gasteiger partial charge in [-0.15, -0.1) is 0 Å². The summed E-state index contributed by atoms with van der Waals surface area (Å²) >= 11 is 0. The fraction of sp³-hybridized carbons (Fsp3) is 0.138. The van der Waals surface area contributed by atoms with Gasteiger partial charge in [0, 0.05) is 11.1 Å². The van der Waals surface area contributed by atoms with Crippen LogP contribution in [-0.2, 0) is 9.53 Å². The Morgan fingerprint density at radius 2 is 1.50 bits per heavy atom. The lowest BCUT2D eigenvalue weighted by atomic mass is 10.0. The zero-order valence-electron chi connectivity index (χ0n) is 18.1. The van der Waals surface area contributed by atoms with Crippen molar-refractivity contribution in [3.8, 4) is 5.75 Å². The van der Waals surface area contributed by atoms with Gasteiger partial charge in [-0.3, -0.25) is 0 Å². The number of hydrogen-bond acceptors (Lipinski definition) is 3. The van der Waals surface area contributed by atoms with E-state index in [0.717, 1.165) is 35.3 Å². The van der Waals surface area contributed by atoms with Crippen LogP contribution in [0, 0.1) is 0 Å². The van der Waals surface area contributed by atoms with Gasteiger partial charge in [0.2, 0.25) is 0 Å². The van der Waals surface area contributed by atoms with E-state index < -0.39 is 0 Å². The van der Waals surface area contributed by atoms with E-state index in [1.807, 2.05) is 91.0 Å². The van der Waals surface area contributed by atoms with Crippen LogP contribution in [0.25, 0.3) is 24.3 Å². The highest BCUT2D eigenvalue weighted by atomic mass is 16.6. The minimum Gasteiger partial charge on any atom is -0.423 e. The normalized spacial score (nSPS) is 15.9. The molecule has 3 aromatic rings. The average Bonchev–Trinajstić information content (AvgIpc) is 3.66. The quantitative estimate of drug-likeness (QED) is 0.134. The summed E-state index contributed by atoms with van der Waals surface area (Å²) in [6.45, 7) is 2.55. The molecule has 3 heteroatoms. The molecule has 4 rings (SSSR count). The van der Waals surface area contributed by atoms with Crippen LogP contribution in [0.5, 0.6) is 5.75 Å². The molecule has 3 aromatic carbocycles. The summed E-state index contributed by atoms with van der Waals surface area (Å²) in [5, 5.41) is 0. The number of esters is 1. The second-order valence-electron chi connectivity index (χ2n) is 7.71. The average molecular weight is 423 g/mol. The van der Waals surface area contributed by atoms with Crippen LogP contribution in [-0.4, -0.2) is 18.7 Å². The molecule has 1 saturated heterocycles. The van der Waals surface area contributed by atoms with E-state index in [-0.39, 0.29) is 12.1 Å². The predicted molar refractivity (Wildman–Crippen MR) is 131 cm³/mol. The lowest BCUT2D eigenvalue weighted by molar-refractivity contribution is -0.130. The molecule has 32 heavy (non-hydrogen) atoms. The van der Waals surface area contributed by atoms with Crippen molar-refractivity contribution in [3.63, 3.8) is 0 Å². The molecule has 1 heterocycles. The van der Waals surface area contributed by atoms with Crippen molar-refractivity contribution in [1.82, 2.24) is 0 Å². The van der Waals surface area contributed by atoms with Gasteiger partial charge in [-0.1, -0.05) is 103 Å². The maximum atomic E-state index is 12.7. The predicted octanol–water partition coefficient (Wildman–Crippen LogP) is 6.67. The summed E-state index contributed by atoms with van der Waals surface area (Å²) in [7, 11) is 0. The number of hydrogen-bond donors (Lipinski definition) is 0. The first-order valence-corrected chi connectivity index (χ1v) is 10.8. The van der Waals surface area contributed by atoms with Gasteiger partial charge in [-0.05, 0) is 36.1 Å². The summed E-state index contributed by atoms with van der Waals surface area (Å²) in [5.41, 5.74) is 4.60. The third kappa shape index (κ3) is 6.16. The highest BCUT2D eigenvalue weighted by Gasteiger charge is 2.21. The zero-order valence-corrected chi connectivity index (χ0v) is 18.1. The smallest absolute Gasteiger partial charge is 0.338 e. The summed E-state index contributed by atoms with van der Waals surface area (Å²) in [6.07, 6.45) is 11.0. The molecule has 1 fully saturated rings. The van der Waals surface area contributed by atoms with Crippen molar-refractivity contribution in [2.24, 2.45) is 0 Å². The van der Waals surface area contributed by atoms with Crippen LogP contribution in [0.4, 0.5) is 0 Å². The first-order valence-electron chi connectivity index (χ1n) is 10.8. The van der Waals surface area contributed by atoms with Crippen molar-refractivity contribution in [2.75, 3.05) is 6.61 Å². The fourth-order valence-corrected chi connectivity index (χ4v) is 3.24. The highest BCUT2D eigenvalue weighted by molar-refractivity contribution is 5.91. The number of benzene rings is 3. The Labute approximate surface area is 189 Å². The second-order valence-corrected chi connectivity index (χ2v) is 7.71. The van der Waals surface area contributed by atoms with E-state index in [0.29, 0.717) is 11.3 Å². The molecule has 0 radical (unpaired) electrons. The fourth-order valence-electron chi connectivity index (χ4n) is 3.24. The van der Waals surface area contributed by atoms with Crippen molar-refractivity contribution >= 4 is 30.3 Å². The van der Waals surface area contributed by atoms with Gasteiger partial charge in [0.1, 0.15) is 5.75 Å². The minimum atomic E-state index is -0.343. The Morgan fingerprint density at radius 1 is 0.875 bits per heavy atom. The first kappa shape index (κ1) is 21.5. The lowest BCUT2D eigenvalue weighted by Crippen LogP contribution is -2.10. The zero-order chi connectivity index (χ0) is 22.2. The molecular formula is C29H26O3. The Bertz CT molecular complexity index is 1140. The van der Waals surface area contributed by atoms with E-state index >= 15 is 0 Å². The Kier molecular flexibility index (Phi) is 7.11. The Balaban J connectivity index is 1.63. The van der Waals surface area contributed by atoms with E-state index in [1.54, 1.807) is 6.92 Å². The van der Waals surface area contributed by atoms with E-state index in [2.05, 4.69) is 18.2 Å². The topological polar surface area (TPSA) is 38.8 Å². The van der Waals surface area contributed by atoms with Gasteiger partial charge in [0.25, 0.3) is 0 Å². The Hall–Kier alpha value is -3.69. The summed E-state index contributed by atoms with van der Waals surface area (Å²) in [6, 6.07) is 26.0. The minimum absolute atomic E-state index is 0.244. The molecule has 1 aliphatic rings. The number of carbonyl (C=O) groups is 1. The van der Waals surface area contributed by atoms with Gasteiger partial charge in [-0.25, -0.2) is 4.79 Å². The van der Waals surface area contributed by atoms with Gasteiger partial charge in [0.05, 0.1) is 12.7 Å². The number of rotatable bonds is 8. The van der Waals surface area contributed by atoms with Crippen molar-refractivity contribution < 1.29 is 14.3 Å². The number of carbonyl (C=O) groups excluding carboxylic acids is 1. The molecule has 0 N–H and O–H groups in total. The van der Waals surface area contributed by atoms with Gasteiger partial charge in [-0.2, -0.15) is 0 Å². The molecule has 160 valence electrons. The standard InChI is InChI=1S/C29H26O3/c1-22(15-19-26-21-31-26)29(30)32-28-14-8-13-25(18-16-23-9-4-2-5-10-23)27(28)20-17-24-11-6-3-7-12-24/h2-18,20,26H,19,21H2,1H3. The molecule has 0 aliphatic carbocycles. The van der Waals surface area contributed by atoms with Crippen LogP contribution in [0.3, 0.4) is 0 Å². The molecule has 0 spiro atoms. The van der Waals surface area contributed by atoms with Crippen molar-refractivity contribution in [1.29, 1.82) is 0 Å². The highest BCUT2D eigenvalue weighted by Crippen LogP contribution is 2.28. The number of ether oxygens (including phenoxy) is 2. The van der Waals surface area contributed by atoms with Crippen LogP contribution in [0.15, 0.2) is 90.5 Å². The Morgan fingerprint density at radius 3 is 2.12 bits per heavy atom. The van der Waals surface area contributed by atoms with Gasteiger partial charge in [0.15, 0.2) is 0 Å². The van der Waals surface area contributed by atoms with Crippen LogP contribution in [0.1, 0.15) is 35.6 Å². The van der Waals surface area contributed by atoms with Gasteiger partial charge >= 0.3 is 5.97 Å². The number of epoxide rings is 1. The van der Waals surface area contributed by atoms with Crippen molar-refractivity contribution in [3.05, 3.63) is 113 Å². The molecule has 0 amide bonds. The van der Waals surface area contributed by atoms with Crippen LogP contribution >= 0.6 is 0 Å². The van der Waals surface area contributed by atoms with Crippen LogP contribution in [0.2, 0.25) is 0 Å². The molecule has 3 nitrogen and oxygen atoms in total. The molecule has 1 atom stereocenters. The monoisotopic (exact) mass is 422 g/mol. The molecule has 1 aliphatic heterocycles. The first-order chi connectivity index (χ1) is 15.7. The molecule has 1 unspecified atom stereocenters. The van der Waals surface area contributed by atoms with Crippen molar-refractivity contribution in [2.45, 2.75) is 19.4 Å². The molecular weight excluding hydrogens is 396 g/mol. The third-order valence-corrected chi connectivity index (χ3v) is 5.21. The summed E-state index contributed by atoms with van der Waals surface area (Å²) < 4.78 is 11.0. The maximum absolute atomic E-state index is 12.7. The van der Waals surface area contributed by atoms with E-state index in [9.17, 15) is 4.79 Å². The van der Waals surface area contributed by atoms with Gasteiger partial charge < -0.3 is 9.47 Å². The maximum Gasteiger partial charge on any atom is 0.338 e. The van der Waals surface area contributed by atoms with Crippen LogP contribution < -0.4 is 4.74 Å². The van der Waals surface area contributed by atoms with E-state index in [4.69, 9.17) is 9.47 Å². The third-order valence-electron chi connectivity index (χ3n) is 5.21. The summed E-state index contributed by atoms with van der Waals surface area (Å²) in [5.74, 6) is 0.192. The molecule has 0 aromatic heterocycles. The summed E-state index contributed by atoms with van der Waals surface area (Å²) in [4.78, 5) is 12.7. The largest absolute Gasteiger partial charge is 0.423 e. The molecule has 0 bridgehead atoms. The molecule has 0 saturated carbocycles. The lowest BCUT2D eigenvalue weighted by Gasteiger charge is -2.11. The van der Waals surface area contributed by atoms with E-state index in [1.165, 1.54) is 0 Å².